The first-order valence-electron chi connectivity index (χ1n) is 25.0. The van der Waals surface area contributed by atoms with Gasteiger partial charge in [0.05, 0.1) is 0 Å². The van der Waals surface area contributed by atoms with Crippen LogP contribution in [0.5, 0.6) is 0 Å². The van der Waals surface area contributed by atoms with Crippen LogP contribution in [-0.4, -0.2) is 37.2 Å². The second-order valence-corrected chi connectivity index (χ2v) is 16.5. The standard InChI is InChI=1S/C54H92O6/c1-4-7-10-13-16-19-22-25-28-31-34-37-40-43-46-52(55)58-49-51(60-54(57)48-45-42-39-36-33-30-27-24-21-18-15-12-9-6-3)50-59-53(56)47-44-41-38-35-32-29-26-23-20-17-14-11-8-5-2/h16-27,51H,4-15,28-50H2,1-3H3. The van der Waals surface area contributed by atoms with E-state index in [0.717, 1.165) is 135 Å². The van der Waals surface area contributed by atoms with Gasteiger partial charge in [-0.15, -0.1) is 0 Å². The van der Waals surface area contributed by atoms with Crippen LogP contribution < -0.4 is 0 Å². The van der Waals surface area contributed by atoms with Crippen molar-refractivity contribution in [3.63, 3.8) is 0 Å². The Labute approximate surface area is 370 Å². The zero-order valence-corrected chi connectivity index (χ0v) is 39.2. The van der Waals surface area contributed by atoms with Crippen molar-refractivity contribution < 1.29 is 28.6 Å². The Morgan fingerprint density at radius 3 is 0.883 bits per heavy atom. The molecule has 0 heterocycles. The van der Waals surface area contributed by atoms with Crippen molar-refractivity contribution in [1.29, 1.82) is 0 Å². The monoisotopic (exact) mass is 837 g/mol. The third kappa shape index (κ3) is 45.9. The Kier molecular flexibility index (Phi) is 46.0. The van der Waals surface area contributed by atoms with Crippen LogP contribution in [0.15, 0.2) is 72.9 Å². The quantitative estimate of drug-likeness (QED) is 0.0263. The zero-order valence-electron chi connectivity index (χ0n) is 39.2. The van der Waals surface area contributed by atoms with E-state index in [0.29, 0.717) is 19.3 Å². The van der Waals surface area contributed by atoms with Crippen LogP contribution in [0.4, 0.5) is 0 Å². The van der Waals surface area contributed by atoms with Crippen molar-refractivity contribution >= 4 is 17.9 Å². The first-order chi connectivity index (χ1) is 29.5. The molecule has 0 N–H and O–H groups in total. The van der Waals surface area contributed by atoms with Crippen LogP contribution in [0.2, 0.25) is 0 Å². The molecular weight excluding hydrogens is 745 g/mol. The van der Waals surface area contributed by atoms with E-state index in [2.05, 4.69) is 93.7 Å². The average molecular weight is 837 g/mol. The van der Waals surface area contributed by atoms with Crippen molar-refractivity contribution in [1.82, 2.24) is 0 Å². The van der Waals surface area contributed by atoms with E-state index in [9.17, 15) is 14.4 Å². The summed E-state index contributed by atoms with van der Waals surface area (Å²) in [6, 6.07) is 0. The molecule has 0 saturated heterocycles. The van der Waals surface area contributed by atoms with E-state index in [1.165, 1.54) is 57.8 Å². The summed E-state index contributed by atoms with van der Waals surface area (Å²) >= 11 is 0. The third-order valence-corrected chi connectivity index (χ3v) is 10.5. The van der Waals surface area contributed by atoms with Gasteiger partial charge in [0.1, 0.15) is 13.2 Å². The maximum absolute atomic E-state index is 12.8. The van der Waals surface area contributed by atoms with Crippen molar-refractivity contribution in [2.75, 3.05) is 13.2 Å². The topological polar surface area (TPSA) is 78.9 Å². The molecule has 60 heavy (non-hydrogen) atoms. The van der Waals surface area contributed by atoms with Crippen LogP contribution in [0.1, 0.15) is 233 Å². The number of carbonyl (C=O) groups excluding carboxylic acids is 3. The lowest BCUT2D eigenvalue weighted by molar-refractivity contribution is -0.167. The molecule has 0 bridgehead atoms. The van der Waals surface area contributed by atoms with E-state index < -0.39 is 6.10 Å². The summed E-state index contributed by atoms with van der Waals surface area (Å²) in [4.78, 5) is 37.9. The van der Waals surface area contributed by atoms with Gasteiger partial charge in [-0.3, -0.25) is 14.4 Å². The van der Waals surface area contributed by atoms with Crippen molar-refractivity contribution in [3.8, 4) is 0 Å². The molecule has 0 saturated carbocycles. The molecule has 0 aromatic heterocycles. The molecule has 0 aromatic carbocycles. The van der Waals surface area contributed by atoms with E-state index >= 15 is 0 Å². The van der Waals surface area contributed by atoms with E-state index in [1.807, 2.05) is 0 Å². The fraction of sp³-hybridized carbons (Fsp3) is 0.722. The summed E-state index contributed by atoms with van der Waals surface area (Å²) in [5.74, 6) is -0.942. The molecule has 0 unspecified atom stereocenters. The number of ether oxygens (including phenoxy) is 3. The van der Waals surface area contributed by atoms with Gasteiger partial charge in [-0.1, -0.05) is 190 Å². The summed E-state index contributed by atoms with van der Waals surface area (Å²) < 4.78 is 16.7. The Bertz CT molecular complexity index is 1080. The molecule has 6 nitrogen and oxygen atoms in total. The molecule has 0 aliphatic heterocycles. The molecule has 0 atom stereocenters. The van der Waals surface area contributed by atoms with E-state index in [-0.39, 0.29) is 31.1 Å². The molecule has 344 valence electrons. The Balaban J connectivity index is 4.47. The van der Waals surface area contributed by atoms with Crippen LogP contribution in [-0.2, 0) is 28.6 Å². The maximum Gasteiger partial charge on any atom is 0.306 e. The maximum atomic E-state index is 12.8. The molecule has 6 heteroatoms. The Morgan fingerprint density at radius 2 is 0.583 bits per heavy atom. The van der Waals surface area contributed by atoms with Crippen LogP contribution in [0, 0.1) is 0 Å². The second-order valence-electron chi connectivity index (χ2n) is 16.5. The van der Waals surface area contributed by atoms with Gasteiger partial charge in [0.25, 0.3) is 0 Å². The lowest BCUT2D eigenvalue weighted by atomic mass is 10.1. The van der Waals surface area contributed by atoms with E-state index in [1.54, 1.807) is 0 Å². The number of esters is 3. The Morgan fingerprint density at radius 1 is 0.333 bits per heavy atom. The highest BCUT2D eigenvalue weighted by Gasteiger charge is 2.19. The number of carbonyl (C=O) groups is 3. The fourth-order valence-corrected chi connectivity index (χ4v) is 6.65. The summed E-state index contributed by atoms with van der Waals surface area (Å²) in [6.07, 6.45) is 60.1. The molecule has 0 aromatic rings. The predicted molar refractivity (Wildman–Crippen MR) is 256 cm³/mol. The van der Waals surface area contributed by atoms with Crippen molar-refractivity contribution in [2.45, 2.75) is 239 Å². The highest BCUT2D eigenvalue weighted by atomic mass is 16.6. The summed E-state index contributed by atoms with van der Waals surface area (Å²) in [6.45, 7) is 6.50. The van der Waals surface area contributed by atoms with Gasteiger partial charge in [0.15, 0.2) is 6.10 Å². The number of allylic oxidation sites excluding steroid dienone is 12. The van der Waals surface area contributed by atoms with E-state index in [4.69, 9.17) is 14.2 Å². The molecule has 0 aliphatic rings. The SMILES string of the molecule is CCCCCC=CC=CCCCCCCCC(=O)OCC(COC(=O)CCCCCCCC=CC=CCCCCC)OC(=O)CCCCCCCC=CC=CCCCCC. The molecule has 0 aliphatic carbocycles. The van der Waals surface area contributed by atoms with Crippen LogP contribution in [0.3, 0.4) is 0 Å². The first-order valence-corrected chi connectivity index (χ1v) is 25.0. The van der Waals surface area contributed by atoms with Gasteiger partial charge in [-0.2, -0.15) is 0 Å². The lowest BCUT2D eigenvalue weighted by Crippen LogP contribution is -2.30. The van der Waals surface area contributed by atoms with Gasteiger partial charge in [0, 0.05) is 19.3 Å². The molecule has 0 fully saturated rings. The van der Waals surface area contributed by atoms with Crippen LogP contribution in [0.25, 0.3) is 0 Å². The highest BCUT2D eigenvalue weighted by molar-refractivity contribution is 5.71. The summed E-state index contributed by atoms with van der Waals surface area (Å²) in [5, 5.41) is 0. The molecule has 0 radical (unpaired) electrons. The normalized spacial score (nSPS) is 12.7. The summed E-state index contributed by atoms with van der Waals surface area (Å²) in [5.41, 5.74) is 0. The number of rotatable bonds is 44. The molecule has 0 amide bonds. The molecular formula is C54H92O6. The Hall–Kier alpha value is -3.15. The molecule has 0 spiro atoms. The number of hydrogen-bond acceptors (Lipinski definition) is 6. The van der Waals surface area contributed by atoms with Gasteiger partial charge in [0.2, 0.25) is 0 Å². The first kappa shape index (κ1) is 56.9. The minimum absolute atomic E-state index is 0.0955. The number of unbranched alkanes of at least 4 members (excludes halogenated alkanes) is 24. The lowest BCUT2D eigenvalue weighted by Gasteiger charge is -2.18. The average Bonchev–Trinajstić information content (AvgIpc) is 3.24. The third-order valence-electron chi connectivity index (χ3n) is 10.5. The molecule has 0 rings (SSSR count). The summed E-state index contributed by atoms with van der Waals surface area (Å²) in [7, 11) is 0. The van der Waals surface area contributed by atoms with Gasteiger partial charge < -0.3 is 14.2 Å². The minimum atomic E-state index is -0.795. The van der Waals surface area contributed by atoms with Gasteiger partial charge >= 0.3 is 17.9 Å². The zero-order chi connectivity index (χ0) is 43.7. The van der Waals surface area contributed by atoms with Crippen molar-refractivity contribution in [3.05, 3.63) is 72.9 Å². The van der Waals surface area contributed by atoms with Gasteiger partial charge in [-0.25, -0.2) is 0 Å². The van der Waals surface area contributed by atoms with Crippen molar-refractivity contribution in [2.24, 2.45) is 0 Å². The van der Waals surface area contributed by atoms with Gasteiger partial charge in [-0.05, 0) is 96.3 Å². The fourth-order valence-electron chi connectivity index (χ4n) is 6.65. The largest absolute Gasteiger partial charge is 0.462 e. The number of hydrogen-bond donors (Lipinski definition) is 0. The highest BCUT2D eigenvalue weighted by Crippen LogP contribution is 2.13. The predicted octanol–water partition coefficient (Wildman–Crippen LogP) is 16.3. The minimum Gasteiger partial charge on any atom is -0.462 e. The second kappa shape index (κ2) is 48.5. The smallest absolute Gasteiger partial charge is 0.306 e. The van der Waals surface area contributed by atoms with Crippen LogP contribution >= 0.6 is 0 Å².